The van der Waals surface area contributed by atoms with Crippen molar-refractivity contribution in [1.82, 2.24) is 4.98 Å². The van der Waals surface area contributed by atoms with Gasteiger partial charge in [-0.1, -0.05) is 56.0 Å². The summed E-state index contributed by atoms with van der Waals surface area (Å²) in [6.07, 6.45) is 0. The molecule has 0 unspecified atom stereocenters. The van der Waals surface area contributed by atoms with Gasteiger partial charge in [0.1, 0.15) is 0 Å². The Bertz CT molecular complexity index is 640. The van der Waals surface area contributed by atoms with Gasteiger partial charge < -0.3 is 0 Å². The molecule has 2 rings (SSSR count). The molecule has 0 saturated heterocycles. The summed E-state index contributed by atoms with van der Waals surface area (Å²) < 4.78 is 23.0. The fourth-order valence-corrected chi connectivity index (χ4v) is 3.70. The summed E-state index contributed by atoms with van der Waals surface area (Å²) >= 11 is 0. The normalized spacial score (nSPS) is 14.0. The third kappa shape index (κ3) is 2.64. The van der Waals surface area contributed by atoms with Gasteiger partial charge in [-0.2, -0.15) is 0 Å². The second-order valence-electron chi connectivity index (χ2n) is 5.24. The number of benzene rings is 1. The molecule has 0 atom stereocenters. The maximum absolute atomic E-state index is 7.72. The Kier molecular flexibility index (Phi) is 2.27. The average molecular weight is 244 g/mol. The summed E-state index contributed by atoms with van der Waals surface area (Å²) in [6, 6.07) is 7.39. The Morgan fingerprint density at radius 3 is 2.18 bits per heavy atom. The summed E-state index contributed by atoms with van der Waals surface area (Å²) in [5.41, 5.74) is 2.53. The molecule has 0 N–H and O–H groups in total. The smallest absolute Gasteiger partial charge is 0.0799 e. The van der Waals surface area contributed by atoms with Gasteiger partial charge in [-0.15, -0.1) is 0 Å². The maximum Gasteiger partial charge on any atom is 0.0799 e. The van der Waals surface area contributed by atoms with E-state index in [0.717, 1.165) is 17.0 Å². The zero-order valence-electron chi connectivity index (χ0n) is 13.8. The highest BCUT2D eigenvalue weighted by Crippen LogP contribution is 2.17. The predicted octanol–water partition coefficient (Wildman–Crippen LogP) is 3.60. The topological polar surface area (TPSA) is 12.9 Å². The summed E-state index contributed by atoms with van der Waals surface area (Å²) in [7, 11) is -1.40. The zero-order valence-corrected chi connectivity index (χ0v) is 11.8. The van der Waals surface area contributed by atoms with Gasteiger partial charge in [-0.3, -0.25) is 4.98 Å². The van der Waals surface area contributed by atoms with Crippen LogP contribution in [-0.4, -0.2) is 13.1 Å². The van der Waals surface area contributed by atoms with E-state index in [1.165, 1.54) is 5.19 Å². The summed E-state index contributed by atoms with van der Waals surface area (Å²) in [6.45, 7) is 8.87. The molecule has 0 aliphatic carbocycles. The highest BCUT2D eigenvalue weighted by atomic mass is 28.3. The summed E-state index contributed by atoms with van der Waals surface area (Å²) in [4.78, 5) is 4.63. The fraction of sp³-hybridized carbons (Fsp3) is 0.267. The zero-order chi connectivity index (χ0) is 15.1. The van der Waals surface area contributed by atoms with Crippen molar-refractivity contribution in [2.24, 2.45) is 0 Å². The van der Waals surface area contributed by atoms with Gasteiger partial charge >= 0.3 is 0 Å². The van der Waals surface area contributed by atoms with Gasteiger partial charge in [-0.05, 0) is 18.2 Å². The van der Waals surface area contributed by atoms with Crippen LogP contribution in [0.15, 0.2) is 42.4 Å². The van der Waals surface area contributed by atoms with Crippen molar-refractivity contribution >= 4 is 13.3 Å². The molecule has 0 radical (unpaired) electrons. The van der Waals surface area contributed by atoms with Crippen LogP contribution < -0.4 is 5.19 Å². The molecule has 0 spiro atoms. The first-order valence-electron chi connectivity index (χ1n) is 7.26. The maximum atomic E-state index is 7.72. The highest BCUT2D eigenvalue weighted by Gasteiger charge is 2.19. The van der Waals surface area contributed by atoms with Crippen molar-refractivity contribution in [3.8, 4) is 11.3 Å². The molecule has 1 aromatic heterocycles. The standard InChI is InChI=1S/C15H19NSi/c1-12-15(17(2,3)4)11-10-14(16-12)13-8-6-5-7-9-13/h5-11H,1-4H3/i5D,6D,7D. The highest BCUT2D eigenvalue weighted by molar-refractivity contribution is 6.89. The third-order valence-electron chi connectivity index (χ3n) is 2.79. The second kappa shape index (κ2) is 4.45. The molecule has 0 bridgehead atoms. The Morgan fingerprint density at radius 1 is 1.00 bits per heavy atom. The monoisotopic (exact) mass is 244 g/mol. The molecule has 1 aromatic carbocycles. The molecule has 2 heteroatoms. The van der Waals surface area contributed by atoms with Gasteiger partial charge in [-0.25, -0.2) is 0 Å². The Morgan fingerprint density at radius 2 is 1.65 bits per heavy atom. The van der Waals surface area contributed by atoms with Crippen molar-refractivity contribution in [1.29, 1.82) is 0 Å². The Balaban J connectivity index is 2.53. The number of rotatable bonds is 2. The Hall–Kier alpha value is -1.41. The van der Waals surface area contributed by atoms with Crippen LogP contribution in [0.3, 0.4) is 0 Å². The van der Waals surface area contributed by atoms with Gasteiger partial charge in [0, 0.05) is 11.3 Å². The van der Waals surface area contributed by atoms with E-state index in [-0.39, 0.29) is 18.1 Å². The molecule has 0 fully saturated rings. The number of pyridine rings is 1. The molecule has 0 aliphatic rings. The van der Waals surface area contributed by atoms with E-state index in [1.807, 2.05) is 13.0 Å². The summed E-state index contributed by atoms with van der Waals surface area (Å²) in [5, 5.41) is 1.33. The third-order valence-corrected chi connectivity index (χ3v) is 4.93. The first-order chi connectivity index (χ1) is 9.20. The first-order valence-corrected chi connectivity index (χ1v) is 9.26. The van der Waals surface area contributed by atoms with Gasteiger partial charge in [0.25, 0.3) is 0 Å². The van der Waals surface area contributed by atoms with Gasteiger partial charge in [0.15, 0.2) is 0 Å². The van der Waals surface area contributed by atoms with Crippen molar-refractivity contribution < 1.29 is 4.11 Å². The van der Waals surface area contributed by atoms with Crippen LogP contribution in [0.2, 0.25) is 19.6 Å². The van der Waals surface area contributed by atoms with Crippen LogP contribution >= 0.6 is 0 Å². The largest absolute Gasteiger partial charge is 0.253 e. The molecular weight excluding hydrogens is 222 g/mol. The molecule has 0 aliphatic heterocycles. The predicted molar refractivity (Wildman–Crippen MR) is 77.4 cm³/mol. The van der Waals surface area contributed by atoms with Crippen molar-refractivity contribution in [2.45, 2.75) is 26.6 Å². The number of nitrogens with zero attached hydrogens (tertiary/aromatic N) is 1. The molecule has 1 nitrogen and oxygen atoms in total. The SMILES string of the molecule is [2H]c1cc(-c2ccc([Si](C)(C)C)c(C)n2)cc([2H])c1[2H]. The lowest BCUT2D eigenvalue weighted by atomic mass is 10.1. The lowest BCUT2D eigenvalue weighted by Gasteiger charge is -2.19. The van der Waals surface area contributed by atoms with E-state index >= 15 is 0 Å². The molecule has 1 heterocycles. The van der Waals surface area contributed by atoms with Crippen LogP contribution in [0.1, 0.15) is 9.81 Å². The molecule has 0 amide bonds. The number of hydrogen-bond acceptors (Lipinski definition) is 1. The quantitative estimate of drug-likeness (QED) is 0.736. The van der Waals surface area contributed by atoms with E-state index in [9.17, 15) is 0 Å². The minimum absolute atomic E-state index is 0.0378. The molecule has 0 saturated carbocycles. The van der Waals surface area contributed by atoms with Crippen LogP contribution in [-0.2, 0) is 0 Å². The number of aryl methyl sites for hydroxylation is 1. The van der Waals surface area contributed by atoms with E-state index in [4.69, 9.17) is 4.11 Å². The van der Waals surface area contributed by atoms with Crippen LogP contribution in [0, 0.1) is 6.92 Å². The number of aromatic nitrogens is 1. The first kappa shape index (κ1) is 8.64. The van der Waals surface area contributed by atoms with E-state index < -0.39 is 8.07 Å². The summed E-state index contributed by atoms with van der Waals surface area (Å²) in [5.74, 6) is 0. The van der Waals surface area contributed by atoms with Gasteiger partial charge in [0.05, 0.1) is 17.9 Å². The fourth-order valence-electron chi connectivity index (χ4n) is 1.97. The van der Waals surface area contributed by atoms with Gasteiger partial charge in [0.2, 0.25) is 0 Å². The molecule has 2 aromatic rings. The second-order valence-corrected chi connectivity index (χ2v) is 10.3. The van der Waals surface area contributed by atoms with Crippen LogP contribution in [0.25, 0.3) is 11.3 Å². The van der Waals surface area contributed by atoms with Crippen molar-refractivity contribution in [2.75, 3.05) is 0 Å². The number of hydrogen-bond donors (Lipinski definition) is 0. The minimum Gasteiger partial charge on any atom is -0.253 e. The van der Waals surface area contributed by atoms with E-state index in [0.29, 0.717) is 0 Å². The van der Waals surface area contributed by atoms with Crippen molar-refractivity contribution in [3.05, 3.63) is 48.1 Å². The lowest BCUT2D eigenvalue weighted by molar-refractivity contribution is 1.22. The van der Waals surface area contributed by atoms with Crippen LogP contribution in [0.4, 0.5) is 0 Å². The average Bonchev–Trinajstić information content (AvgIpc) is 2.33. The van der Waals surface area contributed by atoms with Crippen molar-refractivity contribution in [3.63, 3.8) is 0 Å². The Labute approximate surface area is 109 Å². The van der Waals surface area contributed by atoms with Crippen LogP contribution in [0.5, 0.6) is 0 Å². The van der Waals surface area contributed by atoms with E-state index in [1.54, 1.807) is 12.1 Å². The van der Waals surface area contributed by atoms with E-state index in [2.05, 4.69) is 30.7 Å². The minimum atomic E-state index is -1.40. The molecule has 88 valence electrons. The molecule has 17 heavy (non-hydrogen) atoms. The molecular formula is C15H19NSi. The lowest BCUT2D eigenvalue weighted by Crippen LogP contribution is -2.39.